The topological polar surface area (TPSA) is 46.6 Å². The van der Waals surface area contributed by atoms with Crippen LogP contribution < -0.4 is 0 Å². The Morgan fingerprint density at radius 2 is 2.16 bits per heavy atom. The third-order valence-corrected chi connectivity index (χ3v) is 3.01. The third-order valence-electron chi connectivity index (χ3n) is 3.01. The second kappa shape index (κ2) is 6.18. The van der Waals surface area contributed by atoms with Crippen LogP contribution in [0.1, 0.15) is 18.9 Å². The molecule has 0 aromatic heterocycles. The molecule has 100 valence electrons. The number of benzene rings is 1. The smallest absolute Gasteiger partial charge is 0.417 e. The van der Waals surface area contributed by atoms with Gasteiger partial charge in [-0.3, -0.25) is 4.79 Å². The van der Waals surface area contributed by atoms with E-state index < -0.39 is 6.09 Å². The molecule has 4 heteroatoms. The molecule has 1 heterocycles. The maximum Gasteiger partial charge on any atom is 0.417 e. The SMILES string of the molecule is CC/C=C/C(=O)N1C(=O)OC[C@H]1Cc1ccccc1. The van der Waals surface area contributed by atoms with Gasteiger partial charge in [0.1, 0.15) is 6.61 Å². The number of carbonyl (C=O) groups is 2. The highest BCUT2D eigenvalue weighted by Gasteiger charge is 2.36. The van der Waals surface area contributed by atoms with Gasteiger partial charge in [0.2, 0.25) is 0 Å². The zero-order valence-electron chi connectivity index (χ0n) is 10.9. The average molecular weight is 259 g/mol. The normalized spacial score (nSPS) is 18.9. The fraction of sp³-hybridized carbons (Fsp3) is 0.333. The van der Waals surface area contributed by atoms with Gasteiger partial charge in [0.05, 0.1) is 6.04 Å². The summed E-state index contributed by atoms with van der Waals surface area (Å²) in [4.78, 5) is 24.8. The van der Waals surface area contributed by atoms with Gasteiger partial charge in [-0.25, -0.2) is 9.69 Å². The molecule has 1 fully saturated rings. The van der Waals surface area contributed by atoms with Crippen LogP contribution in [0.15, 0.2) is 42.5 Å². The highest BCUT2D eigenvalue weighted by Crippen LogP contribution is 2.17. The first-order chi connectivity index (χ1) is 9.22. The number of imide groups is 1. The number of ether oxygens (including phenoxy) is 1. The second-order valence-corrected chi connectivity index (χ2v) is 4.44. The van der Waals surface area contributed by atoms with Crippen LogP contribution in [0.4, 0.5) is 4.79 Å². The van der Waals surface area contributed by atoms with Crippen LogP contribution >= 0.6 is 0 Å². The van der Waals surface area contributed by atoms with Crippen LogP contribution in [-0.2, 0) is 16.0 Å². The van der Waals surface area contributed by atoms with Crippen LogP contribution in [0.2, 0.25) is 0 Å². The molecule has 1 aliphatic rings. The summed E-state index contributed by atoms with van der Waals surface area (Å²) < 4.78 is 4.98. The Hall–Kier alpha value is -2.10. The van der Waals surface area contributed by atoms with Gasteiger partial charge in [0.25, 0.3) is 5.91 Å². The molecule has 1 aromatic carbocycles. The molecular formula is C15H17NO3. The van der Waals surface area contributed by atoms with Crippen molar-refractivity contribution in [3.63, 3.8) is 0 Å². The van der Waals surface area contributed by atoms with E-state index in [9.17, 15) is 9.59 Å². The summed E-state index contributed by atoms with van der Waals surface area (Å²) in [5, 5.41) is 0. The lowest BCUT2D eigenvalue weighted by molar-refractivity contribution is -0.124. The highest BCUT2D eigenvalue weighted by molar-refractivity contribution is 5.99. The molecule has 4 nitrogen and oxygen atoms in total. The van der Waals surface area contributed by atoms with Crippen LogP contribution in [0.3, 0.4) is 0 Å². The molecule has 2 rings (SSSR count). The molecule has 0 unspecified atom stereocenters. The first-order valence-electron chi connectivity index (χ1n) is 6.42. The zero-order valence-corrected chi connectivity index (χ0v) is 10.9. The lowest BCUT2D eigenvalue weighted by Crippen LogP contribution is -2.39. The molecule has 19 heavy (non-hydrogen) atoms. The lowest BCUT2D eigenvalue weighted by Gasteiger charge is -2.17. The van der Waals surface area contributed by atoms with Crippen LogP contribution in [0.25, 0.3) is 0 Å². The molecule has 0 radical (unpaired) electrons. The summed E-state index contributed by atoms with van der Waals surface area (Å²) in [6.07, 6.45) is 4.01. The molecule has 0 bridgehead atoms. The molecule has 0 spiro atoms. The Morgan fingerprint density at radius 1 is 1.42 bits per heavy atom. The number of rotatable bonds is 4. The van der Waals surface area contributed by atoms with Crippen molar-refractivity contribution >= 4 is 12.0 Å². The first kappa shape index (κ1) is 13.3. The minimum absolute atomic E-state index is 0.219. The molecule has 1 aliphatic heterocycles. The van der Waals surface area contributed by atoms with Crippen molar-refractivity contribution in [3.8, 4) is 0 Å². The van der Waals surface area contributed by atoms with E-state index in [1.807, 2.05) is 37.3 Å². The summed E-state index contributed by atoms with van der Waals surface area (Å²) in [6, 6.07) is 9.56. The van der Waals surface area contributed by atoms with E-state index >= 15 is 0 Å². The number of allylic oxidation sites excluding steroid dienone is 1. The molecule has 2 amide bonds. The van der Waals surface area contributed by atoms with Gasteiger partial charge in [0.15, 0.2) is 0 Å². The van der Waals surface area contributed by atoms with E-state index in [2.05, 4.69) is 0 Å². The Bertz CT molecular complexity index is 481. The zero-order chi connectivity index (χ0) is 13.7. The first-order valence-corrected chi connectivity index (χ1v) is 6.42. The summed E-state index contributed by atoms with van der Waals surface area (Å²) in [5.74, 6) is -0.301. The van der Waals surface area contributed by atoms with Gasteiger partial charge in [-0.05, 0) is 24.5 Å². The van der Waals surface area contributed by atoms with Crippen molar-refractivity contribution in [2.75, 3.05) is 6.61 Å². The Morgan fingerprint density at radius 3 is 2.84 bits per heavy atom. The van der Waals surface area contributed by atoms with E-state index in [0.717, 1.165) is 12.0 Å². The van der Waals surface area contributed by atoms with Gasteiger partial charge < -0.3 is 4.74 Å². The molecule has 0 aliphatic carbocycles. The number of nitrogens with zero attached hydrogens (tertiary/aromatic N) is 1. The van der Waals surface area contributed by atoms with Crippen molar-refractivity contribution in [2.45, 2.75) is 25.8 Å². The maximum absolute atomic E-state index is 12.0. The molecule has 0 N–H and O–H groups in total. The Kier molecular flexibility index (Phi) is 4.34. The summed E-state index contributed by atoms with van der Waals surface area (Å²) in [6.45, 7) is 2.20. The minimum atomic E-state index is -0.549. The molecule has 1 atom stereocenters. The van der Waals surface area contributed by atoms with E-state index in [-0.39, 0.29) is 18.6 Å². The average Bonchev–Trinajstić information content (AvgIpc) is 2.78. The second-order valence-electron chi connectivity index (χ2n) is 4.44. The molecule has 0 saturated carbocycles. The monoisotopic (exact) mass is 259 g/mol. The van der Waals surface area contributed by atoms with E-state index in [1.165, 1.54) is 11.0 Å². The fourth-order valence-electron chi connectivity index (χ4n) is 2.07. The summed E-state index contributed by atoms with van der Waals surface area (Å²) in [5.41, 5.74) is 1.09. The van der Waals surface area contributed by atoms with Gasteiger partial charge in [0, 0.05) is 0 Å². The third kappa shape index (κ3) is 3.22. The predicted molar refractivity (Wildman–Crippen MR) is 71.6 cm³/mol. The molecular weight excluding hydrogens is 242 g/mol. The van der Waals surface area contributed by atoms with Crippen molar-refractivity contribution in [1.29, 1.82) is 0 Å². The molecule has 1 aromatic rings. The quantitative estimate of drug-likeness (QED) is 0.781. The maximum atomic E-state index is 12.0. The molecule has 1 saturated heterocycles. The fourth-order valence-corrected chi connectivity index (χ4v) is 2.07. The van der Waals surface area contributed by atoms with Gasteiger partial charge >= 0.3 is 6.09 Å². The van der Waals surface area contributed by atoms with Crippen LogP contribution in [-0.4, -0.2) is 29.5 Å². The standard InChI is InChI=1S/C15H17NO3/c1-2-3-9-14(17)16-13(11-19-15(16)18)10-12-7-5-4-6-8-12/h3-9,13H,2,10-11H2,1H3/b9-3+/t13-/m1/s1. The number of hydrogen-bond donors (Lipinski definition) is 0. The Labute approximate surface area is 112 Å². The van der Waals surface area contributed by atoms with Gasteiger partial charge in [-0.1, -0.05) is 43.3 Å². The van der Waals surface area contributed by atoms with Crippen molar-refractivity contribution in [1.82, 2.24) is 4.90 Å². The van der Waals surface area contributed by atoms with Crippen LogP contribution in [0.5, 0.6) is 0 Å². The van der Waals surface area contributed by atoms with E-state index in [4.69, 9.17) is 4.74 Å². The number of hydrogen-bond acceptors (Lipinski definition) is 3. The van der Waals surface area contributed by atoms with Crippen molar-refractivity contribution in [2.24, 2.45) is 0 Å². The van der Waals surface area contributed by atoms with E-state index in [1.54, 1.807) is 6.08 Å². The van der Waals surface area contributed by atoms with E-state index in [0.29, 0.717) is 6.42 Å². The lowest BCUT2D eigenvalue weighted by atomic mass is 10.1. The number of amides is 2. The van der Waals surface area contributed by atoms with Crippen molar-refractivity contribution < 1.29 is 14.3 Å². The predicted octanol–water partition coefficient (Wildman–Crippen LogP) is 2.54. The van der Waals surface area contributed by atoms with Crippen LogP contribution in [0, 0.1) is 0 Å². The summed E-state index contributed by atoms with van der Waals surface area (Å²) >= 11 is 0. The number of carbonyl (C=O) groups excluding carboxylic acids is 2. The van der Waals surface area contributed by atoms with Gasteiger partial charge in [-0.15, -0.1) is 0 Å². The Balaban J connectivity index is 2.09. The minimum Gasteiger partial charge on any atom is -0.447 e. The summed E-state index contributed by atoms with van der Waals surface area (Å²) in [7, 11) is 0. The number of cyclic esters (lactones) is 1. The highest BCUT2D eigenvalue weighted by atomic mass is 16.6. The van der Waals surface area contributed by atoms with Gasteiger partial charge in [-0.2, -0.15) is 0 Å². The van der Waals surface area contributed by atoms with Crippen molar-refractivity contribution in [3.05, 3.63) is 48.0 Å². The largest absolute Gasteiger partial charge is 0.447 e.